The van der Waals surface area contributed by atoms with Gasteiger partial charge in [-0.2, -0.15) is 0 Å². The SMILES string of the molecule is O=C(CCCCI)N[C@@H]1CCCC[C@H]1O. The van der Waals surface area contributed by atoms with Crippen LogP contribution < -0.4 is 5.32 Å². The summed E-state index contributed by atoms with van der Waals surface area (Å²) in [6.45, 7) is 0. The fraction of sp³-hybridized carbons (Fsp3) is 0.909. The van der Waals surface area contributed by atoms with Crippen LogP contribution in [0.3, 0.4) is 0 Å². The first-order valence-electron chi connectivity index (χ1n) is 5.77. The molecule has 0 aromatic heterocycles. The Bertz CT molecular complexity index is 199. The molecule has 2 N–H and O–H groups in total. The van der Waals surface area contributed by atoms with Crippen molar-refractivity contribution in [1.29, 1.82) is 0 Å². The van der Waals surface area contributed by atoms with E-state index in [4.69, 9.17) is 0 Å². The number of aliphatic hydroxyl groups is 1. The summed E-state index contributed by atoms with van der Waals surface area (Å²) in [5.74, 6) is 0.103. The quantitative estimate of drug-likeness (QED) is 0.462. The molecule has 0 heterocycles. The van der Waals surface area contributed by atoms with Gasteiger partial charge in [-0.05, 0) is 30.1 Å². The first kappa shape index (κ1) is 13.2. The minimum absolute atomic E-state index is 0.00542. The Balaban J connectivity index is 2.18. The number of carbonyl (C=O) groups is 1. The number of aliphatic hydroxyl groups excluding tert-OH is 1. The zero-order chi connectivity index (χ0) is 11.1. The summed E-state index contributed by atoms with van der Waals surface area (Å²) in [6.07, 6.45) is 6.30. The third-order valence-electron chi connectivity index (χ3n) is 2.86. The Morgan fingerprint density at radius 3 is 2.73 bits per heavy atom. The molecule has 0 aromatic carbocycles. The Labute approximate surface area is 105 Å². The van der Waals surface area contributed by atoms with Gasteiger partial charge in [0.15, 0.2) is 0 Å². The van der Waals surface area contributed by atoms with Gasteiger partial charge in [0.25, 0.3) is 0 Å². The van der Waals surface area contributed by atoms with Crippen LogP contribution in [0.25, 0.3) is 0 Å². The molecule has 1 amide bonds. The fourth-order valence-electron chi connectivity index (χ4n) is 1.94. The Kier molecular flexibility index (Phi) is 6.56. The monoisotopic (exact) mass is 325 g/mol. The van der Waals surface area contributed by atoms with Gasteiger partial charge in [-0.1, -0.05) is 35.4 Å². The van der Waals surface area contributed by atoms with Crippen molar-refractivity contribution in [3.63, 3.8) is 0 Å². The lowest BCUT2D eigenvalue weighted by molar-refractivity contribution is -0.123. The summed E-state index contributed by atoms with van der Waals surface area (Å²) in [6, 6.07) is 0.00542. The summed E-state index contributed by atoms with van der Waals surface area (Å²) in [5, 5.41) is 12.6. The average Bonchev–Trinajstić information content (AvgIpc) is 2.22. The number of unbranched alkanes of at least 4 members (excludes halogenated alkanes) is 1. The van der Waals surface area contributed by atoms with Gasteiger partial charge in [0.05, 0.1) is 12.1 Å². The zero-order valence-corrected chi connectivity index (χ0v) is 11.2. The van der Waals surface area contributed by atoms with Crippen molar-refractivity contribution in [2.24, 2.45) is 0 Å². The Morgan fingerprint density at radius 1 is 1.33 bits per heavy atom. The van der Waals surface area contributed by atoms with Crippen LogP contribution in [0.15, 0.2) is 0 Å². The molecule has 1 saturated carbocycles. The van der Waals surface area contributed by atoms with E-state index in [9.17, 15) is 9.90 Å². The minimum Gasteiger partial charge on any atom is -0.391 e. The van der Waals surface area contributed by atoms with Crippen LogP contribution >= 0.6 is 22.6 Å². The van der Waals surface area contributed by atoms with Crippen LogP contribution in [-0.4, -0.2) is 27.6 Å². The second-order valence-electron chi connectivity index (χ2n) is 4.17. The zero-order valence-electron chi connectivity index (χ0n) is 9.04. The lowest BCUT2D eigenvalue weighted by atomic mass is 9.92. The van der Waals surface area contributed by atoms with E-state index in [2.05, 4.69) is 27.9 Å². The lowest BCUT2D eigenvalue weighted by Crippen LogP contribution is -2.44. The van der Waals surface area contributed by atoms with E-state index in [0.29, 0.717) is 6.42 Å². The summed E-state index contributed by atoms with van der Waals surface area (Å²) < 4.78 is 1.11. The highest BCUT2D eigenvalue weighted by atomic mass is 127. The summed E-state index contributed by atoms with van der Waals surface area (Å²) >= 11 is 2.32. The molecule has 88 valence electrons. The van der Waals surface area contributed by atoms with Crippen LogP contribution in [-0.2, 0) is 4.79 Å². The maximum Gasteiger partial charge on any atom is 0.220 e. The van der Waals surface area contributed by atoms with E-state index >= 15 is 0 Å². The van der Waals surface area contributed by atoms with Crippen molar-refractivity contribution in [3.8, 4) is 0 Å². The molecule has 15 heavy (non-hydrogen) atoms. The number of nitrogens with one attached hydrogen (secondary N) is 1. The van der Waals surface area contributed by atoms with Gasteiger partial charge >= 0.3 is 0 Å². The molecule has 0 aromatic rings. The maximum absolute atomic E-state index is 11.5. The van der Waals surface area contributed by atoms with Gasteiger partial charge < -0.3 is 10.4 Å². The number of hydrogen-bond donors (Lipinski definition) is 2. The molecule has 2 atom stereocenters. The standard InChI is InChI=1S/C11H20INO2/c12-8-4-3-7-11(15)13-9-5-1-2-6-10(9)14/h9-10,14H,1-8H2,(H,13,15)/t9-,10-/m1/s1. The number of alkyl halides is 1. The highest BCUT2D eigenvalue weighted by Gasteiger charge is 2.23. The highest BCUT2D eigenvalue weighted by Crippen LogP contribution is 2.18. The van der Waals surface area contributed by atoms with E-state index in [-0.39, 0.29) is 18.1 Å². The number of amides is 1. The molecule has 1 rings (SSSR count). The topological polar surface area (TPSA) is 49.3 Å². The van der Waals surface area contributed by atoms with E-state index in [1.165, 1.54) is 0 Å². The molecule has 1 fully saturated rings. The van der Waals surface area contributed by atoms with Crippen molar-refractivity contribution in [3.05, 3.63) is 0 Å². The van der Waals surface area contributed by atoms with Crippen LogP contribution in [0.1, 0.15) is 44.9 Å². The highest BCUT2D eigenvalue weighted by molar-refractivity contribution is 14.1. The van der Waals surface area contributed by atoms with Gasteiger partial charge in [0, 0.05) is 6.42 Å². The van der Waals surface area contributed by atoms with Crippen LogP contribution in [0.4, 0.5) is 0 Å². The van der Waals surface area contributed by atoms with Crippen LogP contribution in [0.2, 0.25) is 0 Å². The molecule has 0 bridgehead atoms. The van der Waals surface area contributed by atoms with Gasteiger partial charge in [-0.3, -0.25) is 4.79 Å². The molecule has 0 radical (unpaired) electrons. The number of halogens is 1. The maximum atomic E-state index is 11.5. The number of carbonyl (C=O) groups excluding carboxylic acids is 1. The third-order valence-corrected chi connectivity index (χ3v) is 3.63. The average molecular weight is 325 g/mol. The molecule has 1 aliphatic rings. The van der Waals surface area contributed by atoms with Crippen LogP contribution in [0.5, 0.6) is 0 Å². The first-order chi connectivity index (χ1) is 7.24. The van der Waals surface area contributed by atoms with Crippen LogP contribution in [0, 0.1) is 0 Å². The summed E-state index contributed by atoms with van der Waals surface area (Å²) in [5.41, 5.74) is 0. The molecule has 4 heteroatoms. The van der Waals surface area contributed by atoms with Gasteiger partial charge in [-0.25, -0.2) is 0 Å². The normalized spacial score (nSPS) is 26.3. The van der Waals surface area contributed by atoms with Crippen molar-refractivity contribution in [1.82, 2.24) is 5.32 Å². The summed E-state index contributed by atoms with van der Waals surface area (Å²) in [7, 11) is 0. The fourth-order valence-corrected chi connectivity index (χ4v) is 2.48. The molecule has 0 aliphatic heterocycles. The van der Waals surface area contributed by atoms with Crippen molar-refractivity contribution < 1.29 is 9.90 Å². The molecule has 1 aliphatic carbocycles. The number of hydrogen-bond acceptors (Lipinski definition) is 2. The van der Waals surface area contributed by atoms with E-state index in [1.807, 2.05) is 0 Å². The lowest BCUT2D eigenvalue weighted by Gasteiger charge is -2.28. The summed E-state index contributed by atoms with van der Waals surface area (Å²) in [4.78, 5) is 11.5. The van der Waals surface area contributed by atoms with E-state index in [1.54, 1.807) is 0 Å². The molecular weight excluding hydrogens is 305 g/mol. The first-order valence-corrected chi connectivity index (χ1v) is 7.30. The molecule has 3 nitrogen and oxygen atoms in total. The predicted octanol–water partition coefficient (Wildman–Crippen LogP) is 2.01. The Hall–Kier alpha value is 0.160. The van der Waals surface area contributed by atoms with Crippen molar-refractivity contribution in [2.45, 2.75) is 57.1 Å². The van der Waals surface area contributed by atoms with Crippen molar-refractivity contribution >= 4 is 28.5 Å². The second-order valence-corrected chi connectivity index (χ2v) is 5.25. The van der Waals surface area contributed by atoms with E-state index < -0.39 is 0 Å². The largest absolute Gasteiger partial charge is 0.391 e. The van der Waals surface area contributed by atoms with Gasteiger partial charge in [0.1, 0.15) is 0 Å². The molecule has 0 unspecified atom stereocenters. The minimum atomic E-state index is -0.327. The number of rotatable bonds is 5. The van der Waals surface area contributed by atoms with Gasteiger partial charge in [-0.15, -0.1) is 0 Å². The third kappa shape index (κ3) is 5.15. The molecule has 0 spiro atoms. The molecular formula is C11H20INO2. The Morgan fingerprint density at radius 2 is 2.07 bits per heavy atom. The van der Waals surface area contributed by atoms with E-state index in [0.717, 1.165) is 43.0 Å². The smallest absolute Gasteiger partial charge is 0.220 e. The van der Waals surface area contributed by atoms with Crippen molar-refractivity contribution in [2.75, 3.05) is 4.43 Å². The van der Waals surface area contributed by atoms with Gasteiger partial charge in [0.2, 0.25) is 5.91 Å². The second kappa shape index (κ2) is 7.44. The predicted molar refractivity (Wildman–Crippen MR) is 69.1 cm³/mol. The molecule has 0 saturated heterocycles.